The average molecular weight is 353 g/mol. The standard InChI is InChI=1S/C18H25BrO2/c1-13(10-11-20)12-15-6-8-16(9-7-15)21-18-5-3-4-17(19)14(18)2/h3-5,11,13,15-16H,6-10,12H2,1-2H3/t13-,15-,16-/m0/s1. The Kier molecular flexibility index (Phi) is 6.28. The predicted molar refractivity (Wildman–Crippen MR) is 89.7 cm³/mol. The minimum absolute atomic E-state index is 0.343. The molecule has 1 aliphatic carbocycles. The fraction of sp³-hybridized carbons (Fsp3) is 0.611. The molecule has 0 saturated heterocycles. The van der Waals surface area contributed by atoms with E-state index in [1.54, 1.807) is 0 Å². The largest absolute Gasteiger partial charge is 0.490 e. The zero-order chi connectivity index (χ0) is 15.2. The van der Waals surface area contributed by atoms with Gasteiger partial charge in [0, 0.05) is 16.5 Å². The Morgan fingerprint density at radius 2 is 2.05 bits per heavy atom. The van der Waals surface area contributed by atoms with E-state index >= 15 is 0 Å². The minimum atomic E-state index is 0.343. The van der Waals surface area contributed by atoms with E-state index in [1.807, 2.05) is 12.1 Å². The van der Waals surface area contributed by atoms with E-state index in [4.69, 9.17) is 4.74 Å². The van der Waals surface area contributed by atoms with E-state index in [0.717, 1.165) is 35.3 Å². The number of aldehydes is 1. The van der Waals surface area contributed by atoms with Crippen LogP contribution in [0, 0.1) is 18.8 Å². The molecule has 0 N–H and O–H groups in total. The maximum Gasteiger partial charge on any atom is 0.123 e. The van der Waals surface area contributed by atoms with Gasteiger partial charge in [0.1, 0.15) is 12.0 Å². The van der Waals surface area contributed by atoms with Crippen molar-refractivity contribution < 1.29 is 9.53 Å². The number of hydrogen-bond donors (Lipinski definition) is 0. The molecule has 0 radical (unpaired) electrons. The van der Waals surface area contributed by atoms with Crippen molar-refractivity contribution in [3.63, 3.8) is 0 Å². The first-order valence-corrected chi connectivity index (χ1v) is 8.74. The van der Waals surface area contributed by atoms with Crippen molar-refractivity contribution in [3.05, 3.63) is 28.2 Å². The van der Waals surface area contributed by atoms with Gasteiger partial charge in [0.2, 0.25) is 0 Å². The lowest BCUT2D eigenvalue weighted by Gasteiger charge is -2.30. The van der Waals surface area contributed by atoms with Gasteiger partial charge in [0.05, 0.1) is 6.10 Å². The van der Waals surface area contributed by atoms with Crippen molar-refractivity contribution in [3.8, 4) is 5.75 Å². The summed E-state index contributed by atoms with van der Waals surface area (Å²) in [5.41, 5.74) is 1.18. The Morgan fingerprint density at radius 1 is 1.33 bits per heavy atom. The molecule has 2 rings (SSSR count). The van der Waals surface area contributed by atoms with Gasteiger partial charge in [-0.1, -0.05) is 28.9 Å². The van der Waals surface area contributed by atoms with E-state index in [1.165, 1.54) is 24.8 Å². The highest BCUT2D eigenvalue weighted by Crippen LogP contribution is 2.34. The highest BCUT2D eigenvalue weighted by Gasteiger charge is 2.24. The summed E-state index contributed by atoms with van der Waals surface area (Å²) in [6.45, 7) is 4.27. The average Bonchev–Trinajstić information content (AvgIpc) is 2.46. The van der Waals surface area contributed by atoms with E-state index in [-0.39, 0.29) is 0 Å². The van der Waals surface area contributed by atoms with E-state index in [9.17, 15) is 4.79 Å². The maximum atomic E-state index is 10.5. The first kappa shape index (κ1) is 16.5. The Hall–Kier alpha value is -0.830. The molecular formula is C18H25BrO2. The zero-order valence-corrected chi connectivity index (χ0v) is 14.6. The smallest absolute Gasteiger partial charge is 0.123 e. The Labute approximate surface area is 136 Å². The second-order valence-corrected chi connectivity index (χ2v) is 7.22. The number of halogens is 1. The van der Waals surface area contributed by atoms with Crippen LogP contribution < -0.4 is 4.74 Å². The van der Waals surface area contributed by atoms with Crippen LogP contribution in [0.15, 0.2) is 22.7 Å². The predicted octanol–water partition coefficient (Wildman–Crippen LogP) is 5.31. The lowest BCUT2D eigenvalue weighted by Crippen LogP contribution is -2.25. The molecule has 0 aliphatic heterocycles. The third-order valence-electron chi connectivity index (χ3n) is 4.54. The van der Waals surface area contributed by atoms with Crippen LogP contribution in [0.25, 0.3) is 0 Å². The van der Waals surface area contributed by atoms with Crippen LogP contribution in [-0.4, -0.2) is 12.4 Å². The molecule has 1 aromatic rings. The molecule has 1 fully saturated rings. The molecule has 116 valence electrons. The summed E-state index contributed by atoms with van der Waals surface area (Å²) in [7, 11) is 0. The van der Waals surface area contributed by atoms with Crippen LogP contribution in [0.2, 0.25) is 0 Å². The SMILES string of the molecule is Cc1c(Br)cccc1O[C@H]1CC[C@H](C[C@@H](C)CC=O)CC1. The van der Waals surface area contributed by atoms with E-state index in [2.05, 4.69) is 35.8 Å². The minimum Gasteiger partial charge on any atom is -0.490 e. The molecule has 0 amide bonds. The fourth-order valence-corrected chi connectivity index (χ4v) is 3.56. The summed E-state index contributed by atoms with van der Waals surface area (Å²) in [6, 6.07) is 6.13. The Morgan fingerprint density at radius 3 is 2.71 bits per heavy atom. The molecule has 0 unspecified atom stereocenters. The summed E-state index contributed by atoms with van der Waals surface area (Å²) in [5.74, 6) is 2.29. The number of hydrogen-bond acceptors (Lipinski definition) is 2. The van der Waals surface area contributed by atoms with Crippen molar-refractivity contribution in [1.29, 1.82) is 0 Å². The number of rotatable bonds is 6. The lowest BCUT2D eigenvalue weighted by molar-refractivity contribution is -0.108. The number of carbonyl (C=O) groups excluding carboxylic acids is 1. The molecule has 0 aromatic heterocycles. The molecular weight excluding hydrogens is 328 g/mol. The summed E-state index contributed by atoms with van der Waals surface area (Å²) < 4.78 is 7.29. The van der Waals surface area contributed by atoms with Crippen molar-refractivity contribution in [2.45, 2.75) is 58.5 Å². The Bertz CT molecular complexity index is 464. The van der Waals surface area contributed by atoms with Gasteiger partial charge < -0.3 is 9.53 Å². The van der Waals surface area contributed by atoms with Crippen LogP contribution in [0.1, 0.15) is 51.0 Å². The highest BCUT2D eigenvalue weighted by molar-refractivity contribution is 9.10. The van der Waals surface area contributed by atoms with Crippen molar-refractivity contribution >= 4 is 22.2 Å². The van der Waals surface area contributed by atoms with Crippen LogP contribution in [-0.2, 0) is 4.79 Å². The van der Waals surface area contributed by atoms with Crippen LogP contribution in [0.5, 0.6) is 5.75 Å². The van der Waals surface area contributed by atoms with E-state index < -0.39 is 0 Å². The number of benzene rings is 1. The maximum absolute atomic E-state index is 10.5. The molecule has 1 aromatic carbocycles. The second-order valence-electron chi connectivity index (χ2n) is 6.37. The van der Waals surface area contributed by atoms with Crippen molar-refractivity contribution in [1.82, 2.24) is 0 Å². The van der Waals surface area contributed by atoms with Gasteiger partial charge in [-0.3, -0.25) is 0 Å². The van der Waals surface area contributed by atoms with Crippen LogP contribution in [0.4, 0.5) is 0 Å². The molecule has 0 bridgehead atoms. The third kappa shape index (κ3) is 4.84. The number of ether oxygens (including phenoxy) is 1. The van der Waals surface area contributed by atoms with Crippen LogP contribution >= 0.6 is 15.9 Å². The first-order chi connectivity index (χ1) is 10.1. The van der Waals surface area contributed by atoms with Crippen LogP contribution in [0.3, 0.4) is 0 Å². The fourth-order valence-electron chi connectivity index (χ4n) is 3.21. The van der Waals surface area contributed by atoms with E-state index in [0.29, 0.717) is 18.4 Å². The Balaban J connectivity index is 1.81. The molecule has 3 heteroatoms. The van der Waals surface area contributed by atoms with Gasteiger partial charge in [-0.05, 0) is 63.0 Å². The topological polar surface area (TPSA) is 26.3 Å². The molecule has 1 saturated carbocycles. The van der Waals surface area contributed by atoms with Gasteiger partial charge in [0.15, 0.2) is 0 Å². The van der Waals surface area contributed by atoms with Gasteiger partial charge in [-0.2, -0.15) is 0 Å². The van der Waals surface area contributed by atoms with Gasteiger partial charge in [-0.25, -0.2) is 0 Å². The van der Waals surface area contributed by atoms with Gasteiger partial charge >= 0.3 is 0 Å². The number of carbonyl (C=O) groups is 1. The summed E-state index contributed by atoms with van der Waals surface area (Å²) in [6.07, 6.45) is 7.98. The molecule has 0 spiro atoms. The van der Waals surface area contributed by atoms with Gasteiger partial charge in [0.25, 0.3) is 0 Å². The first-order valence-electron chi connectivity index (χ1n) is 7.95. The van der Waals surface area contributed by atoms with Gasteiger partial charge in [-0.15, -0.1) is 0 Å². The second kappa shape index (κ2) is 7.98. The lowest BCUT2D eigenvalue weighted by atomic mass is 9.81. The molecule has 1 atom stereocenters. The third-order valence-corrected chi connectivity index (χ3v) is 5.40. The summed E-state index contributed by atoms with van der Waals surface area (Å²) in [4.78, 5) is 10.5. The highest BCUT2D eigenvalue weighted by atomic mass is 79.9. The van der Waals surface area contributed by atoms with Crippen molar-refractivity contribution in [2.24, 2.45) is 11.8 Å². The summed E-state index contributed by atoms with van der Waals surface area (Å²) in [5, 5.41) is 0. The molecule has 0 heterocycles. The molecule has 21 heavy (non-hydrogen) atoms. The zero-order valence-electron chi connectivity index (χ0n) is 13.0. The molecule has 1 aliphatic rings. The molecule has 2 nitrogen and oxygen atoms in total. The summed E-state index contributed by atoms with van der Waals surface area (Å²) >= 11 is 3.55. The normalized spacial score (nSPS) is 23.6. The monoisotopic (exact) mass is 352 g/mol. The quantitative estimate of drug-likeness (QED) is 0.648. The van der Waals surface area contributed by atoms with Crippen molar-refractivity contribution in [2.75, 3.05) is 0 Å².